The van der Waals surface area contributed by atoms with Crippen molar-refractivity contribution in [2.45, 2.75) is 20.5 Å². The Labute approximate surface area is 148 Å². The van der Waals surface area contributed by atoms with E-state index in [0.717, 1.165) is 0 Å². The molecule has 0 aliphatic heterocycles. The molecule has 0 amide bonds. The highest BCUT2D eigenvalue weighted by molar-refractivity contribution is 5.91. The summed E-state index contributed by atoms with van der Waals surface area (Å²) in [4.78, 5) is 16.3. The van der Waals surface area contributed by atoms with Crippen molar-refractivity contribution in [3.05, 3.63) is 41.1 Å². The summed E-state index contributed by atoms with van der Waals surface area (Å²) in [5, 5.41) is 7.61. The van der Waals surface area contributed by atoms with Gasteiger partial charge >= 0.3 is 5.97 Å². The normalized spacial score (nSPS) is 10.6. The van der Waals surface area contributed by atoms with E-state index < -0.39 is 5.97 Å². The van der Waals surface area contributed by atoms with Gasteiger partial charge in [-0.3, -0.25) is 0 Å². The van der Waals surface area contributed by atoms with E-state index >= 15 is 0 Å². The van der Waals surface area contributed by atoms with Crippen LogP contribution in [0.25, 0.3) is 11.4 Å². The van der Waals surface area contributed by atoms with Gasteiger partial charge in [0.2, 0.25) is 5.82 Å². The number of hydrogen-bond acceptors (Lipinski definition) is 9. The summed E-state index contributed by atoms with van der Waals surface area (Å²) in [5.41, 5.74) is 1.43. The number of carbonyl (C=O) groups excluding carboxylic acids is 1. The summed E-state index contributed by atoms with van der Waals surface area (Å²) in [6, 6.07) is 5.23. The van der Waals surface area contributed by atoms with Crippen molar-refractivity contribution in [1.82, 2.24) is 15.3 Å². The number of hydrogen-bond donors (Lipinski definition) is 0. The molecule has 2 aromatic heterocycles. The van der Waals surface area contributed by atoms with Gasteiger partial charge in [-0.25, -0.2) is 4.79 Å². The van der Waals surface area contributed by atoms with Crippen molar-refractivity contribution in [3.8, 4) is 22.9 Å². The van der Waals surface area contributed by atoms with Crippen LogP contribution >= 0.6 is 0 Å². The molecule has 0 N–H and O–H groups in total. The molecule has 9 nitrogen and oxygen atoms in total. The highest BCUT2D eigenvalue weighted by Crippen LogP contribution is 2.31. The third-order valence-electron chi connectivity index (χ3n) is 3.67. The van der Waals surface area contributed by atoms with Gasteiger partial charge in [-0.05, 0) is 32.0 Å². The lowest BCUT2D eigenvalue weighted by molar-refractivity contribution is 0.0427. The van der Waals surface area contributed by atoms with E-state index in [-0.39, 0.29) is 12.5 Å². The monoisotopic (exact) mass is 359 g/mol. The van der Waals surface area contributed by atoms with Crippen LogP contribution in [0.5, 0.6) is 11.5 Å². The Bertz CT molecular complexity index is 911. The lowest BCUT2D eigenvalue weighted by Gasteiger charge is -2.07. The minimum Gasteiger partial charge on any atom is -0.493 e. The molecule has 0 atom stereocenters. The van der Waals surface area contributed by atoms with E-state index in [1.54, 1.807) is 39.2 Å². The Morgan fingerprint density at radius 3 is 2.50 bits per heavy atom. The number of ether oxygens (including phenoxy) is 3. The Morgan fingerprint density at radius 1 is 1.08 bits per heavy atom. The molecule has 9 heteroatoms. The van der Waals surface area contributed by atoms with Gasteiger partial charge in [0.1, 0.15) is 11.3 Å². The van der Waals surface area contributed by atoms with Crippen LogP contribution in [0.2, 0.25) is 0 Å². The number of benzene rings is 1. The summed E-state index contributed by atoms with van der Waals surface area (Å²) in [6.45, 7) is 3.14. The molecule has 0 radical (unpaired) electrons. The van der Waals surface area contributed by atoms with Crippen LogP contribution in [-0.4, -0.2) is 35.5 Å². The van der Waals surface area contributed by atoms with Crippen LogP contribution in [0.3, 0.4) is 0 Å². The van der Waals surface area contributed by atoms with Crippen molar-refractivity contribution in [2.24, 2.45) is 0 Å². The third kappa shape index (κ3) is 3.37. The van der Waals surface area contributed by atoms with Gasteiger partial charge in [-0.2, -0.15) is 4.98 Å². The fourth-order valence-electron chi connectivity index (χ4n) is 2.38. The molecule has 0 unspecified atom stereocenters. The number of methoxy groups -OCH3 is 2. The fourth-order valence-corrected chi connectivity index (χ4v) is 2.38. The van der Waals surface area contributed by atoms with Gasteiger partial charge in [0, 0.05) is 5.56 Å². The van der Waals surface area contributed by atoms with E-state index in [1.165, 1.54) is 7.11 Å². The first-order chi connectivity index (χ1) is 12.5. The highest BCUT2D eigenvalue weighted by atomic mass is 16.6. The Balaban J connectivity index is 1.71. The topological polar surface area (TPSA) is 110 Å². The second-order valence-electron chi connectivity index (χ2n) is 5.36. The Hall–Kier alpha value is -3.36. The van der Waals surface area contributed by atoms with E-state index in [4.69, 9.17) is 23.3 Å². The minimum atomic E-state index is -0.563. The maximum Gasteiger partial charge on any atom is 0.344 e. The number of carbonyl (C=O) groups is 1. The van der Waals surface area contributed by atoms with E-state index in [2.05, 4.69) is 15.3 Å². The molecule has 3 rings (SSSR count). The molecule has 136 valence electrons. The van der Waals surface area contributed by atoms with Crippen LogP contribution in [0.4, 0.5) is 0 Å². The lowest BCUT2D eigenvalue weighted by atomic mass is 10.2. The zero-order chi connectivity index (χ0) is 18.7. The first-order valence-corrected chi connectivity index (χ1v) is 7.68. The Kier molecular flexibility index (Phi) is 4.87. The van der Waals surface area contributed by atoms with E-state index in [9.17, 15) is 4.79 Å². The smallest absolute Gasteiger partial charge is 0.344 e. The maximum absolute atomic E-state index is 12.1. The zero-order valence-electron chi connectivity index (χ0n) is 14.7. The lowest BCUT2D eigenvalue weighted by Crippen LogP contribution is -2.07. The predicted octanol–water partition coefficient (Wildman–Crippen LogP) is 2.72. The van der Waals surface area contributed by atoms with Gasteiger partial charge in [0.25, 0.3) is 5.89 Å². The molecule has 0 aliphatic rings. The molecule has 26 heavy (non-hydrogen) atoms. The van der Waals surface area contributed by atoms with Crippen molar-refractivity contribution >= 4 is 5.97 Å². The van der Waals surface area contributed by atoms with Gasteiger partial charge < -0.3 is 23.3 Å². The molecular weight excluding hydrogens is 342 g/mol. The number of aromatic nitrogens is 3. The molecule has 0 bridgehead atoms. The van der Waals surface area contributed by atoms with Gasteiger partial charge in [0.15, 0.2) is 18.1 Å². The number of nitrogens with zero attached hydrogens (tertiary/aromatic N) is 3. The summed E-state index contributed by atoms with van der Waals surface area (Å²) >= 11 is 0. The minimum absolute atomic E-state index is 0.162. The summed E-state index contributed by atoms with van der Waals surface area (Å²) in [5.74, 6) is 1.47. The molecule has 0 aliphatic carbocycles. The maximum atomic E-state index is 12.1. The second-order valence-corrected chi connectivity index (χ2v) is 5.36. The van der Waals surface area contributed by atoms with Crippen molar-refractivity contribution in [2.75, 3.05) is 14.2 Å². The SMILES string of the molecule is COc1ccc(-c2noc(COC(=O)c3c(C)noc3C)n2)cc1OC. The molecule has 3 aromatic rings. The van der Waals surface area contributed by atoms with Gasteiger partial charge in [0.05, 0.1) is 19.9 Å². The Morgan fingerprint density at radius 2 is 1.85 bits per heavy atom. The number of aryl methyl sites for hydroxylation is 2. The zero-order valence-corrected chi connectivity index (χ0v) is 14.7. The molecule has 2 heterocycles. The summed E-state index contributed by atoms with van der Waals surface area (Å²) in [7, 11) is 3.09. The number of esters is 1. The molecule has 0 fully saturated rings. The molecular formula is C17H17N3O6. The molecule has 0 spiro atoms. The summed E-state index contributed by atoms with van der Waals surface area (Å²) < 4.78 is 25.7. The first kappa shape index (κ1) is 17.5. The standard InChI is InChI=1S/C17H17N3O6/c1-9-15(10(2)25-19-9)17(21)24-8-14-18-16(20-26-14)11-5-6-12(22-3)13(7-11)23-4/h5-7H,8H2,1-4H3. The van der Waals surface area contributed by atoms with Crippen LogP contribution in [0.1, 0.15) is 27.7 Å². The average molecular weight is 359 g/mol. The first-order valence-electron chi connectivity index (χ1n) is 7.68. The van der Waals surface area contributed by atoms with Crippen LogP contribution in [0, 0.1) is 13.8 Å². The average Bonchev–Trinajstić information content (AvgIpc) is 3.25. The van der Waals surface area contributed by atoms with E-state index in [1.807, 2.05) is 0 Å². The van der Waals surface area contributed by atoms with Gasteiger partial charge in [-0.15, -0.1) is 0 Å². The largest absolute Gasteiger partial charge is 0.493 e. The van der Waals surface area contributed by atoms with Crippen molar-refractivity contribution in [3.63, 3.8) is 0 Å². The molecule has 0 saturated carbocycles. The van der Waals surface area contributed by atoms with Crippen molar-refractivity contribution in [1.29, 1.82) is 0 Å². The van der Waals surface area contributed by atoms with Crippen molar-refractivity contribution < 1.29 is 28.1 Å². The fraction of sp³-hybridized carbons (Fsp3) is 0.294. The van der Waals surface area contributed by atoms with Gasteiger partial charge in [-0.1, -0.05) is 10.3 Å². The summed E-state index contributed by atoms with van der Waals surface area (Å²) in [6.07, 6.45) is 0. The molecule has 1 aromatic carbocycles. The van der Waals surface area contributed by atoms with Crippen LogP contribution in [-0.2, 0) is 11.3 Å². The molecule has 0 saturated heterocycles. The van der Waals surface area contributed by atoms with E-state index in [0.29, 0.717) is 39.9 Å². The quantitative estimate of drug-likeness (QED) is 0.613. The van der Waals surface area contributed by atoms with Crippen LogP contribution in [0.15, 0.2) is 27.2 Å². The third-order valence-corrected chi connectivity index (χ3v) is 3.67. The predicted molar refractivity (Wildman–Crippen MR) is 87.9 cm³/mol. The highest BCUT2D eigenvalue weighted by Gasteiger charge is 2.20. The van der Waals surface area contributed by atoms with Crippen LogP contribution < -0.4 is 9.47 Å². The second kappa shape index (κ2) is 7.26. The number of rotatable bonds is 6.